The second-order valence-electron chi connectivity index (χ2n) is 4.58. The number of ether oxygens (including phenoxy) is 1. The first-order valence-electron chi connectivity index (χ1n) is 6.23. The Balaban J connectivity index is 1.87. The largest absolute Gasteiger partial charge is 0.492 e. The molecule has 0 saturated heterocycles. The molecule has 1 saturated carbocycles. The average molecular weight is 219 g/mol. The van der Waals surface area contributed by atoms with E-state index in [0.717, 1.165) is 24.8 Å². The molecule has 0 aromatic heterocycles. The molecule has 0 bridgehead atoms. The Kier molecular flexibility index (Phi) is 3.83. The zero-order valence-electron chi connectivity index (χ0n) is 10.2. The van der Waals surface area contributed by atoms with Gasteiger partial charge < -0.3 is 10.1 Å². The van der Waals surface area contributed by atoms with E-state index < -0.39 is 0 Å². The van der Waals surface area contributed by atoms with Crippen molar-refractivity contribution in [3.8, 4) is 5.75 Å². The second-order valence-corrected chi connectivity index (χ2v) is 4.58. The van der Waals surface area contributed by atoms with Gasteiger partial charge in [-0.25, -0.2) is 0 Å². The van der Waals surface area contributed by atoms with Crippen molar-refractivity contribution in [3.63, 3.8) is 0 Å². The van der Waals surface area contributed by atoms with E-state index in [4.69, 9.17) is 4.74 Å². The minimum atomic E-state index is 0.532. The molecule has 0 aliphatic heterocycles. The van der Waals surface area contributed by atoms with Gasteiger partial charge in [0.1, 0.15) is 12.4 Å². The highest BCUT2D eigenvalue weighted by atomic mass is 16.5. The van der Waals surface area contributed by atoms with E-state index >= 15 is 0 Å². The van der Waals surface area contributed by atoms with Crippen LogP contribution in [0.2, 0.25) is 0 Å². The van der Waals surface area contributed by atoms with Crippen LogP contribution in [-0.4, -0.2) is 19.2 Å². The highest BCUT2D eigenvalue weighted by Gasteiger charge is 2.30. The number of hydrogen-bond donors (Lipinski definition) is 1. The van der Waals surface area contributed by atoms with E-state index in [0.29, 0.717) is 6.04 Å². The molecule has 1 atom stereocenters. The monoisotopic (exact) mass is 219 g/mol. The fourth-order valence-electron chi connectivity index (χ4n) is 2.02. The molecule has 16 heavy (non-hydrogen) atoms. The lowest BCUT2D eigenvalue weighted by Gasteiger charge is -2.18. The van der Waals surface area contributed by atoms with Crippen molar-refractivity contribution in [2.45, 2.75) is 32.7 Å². The highest BCUT2D eigenvalue weighted by molar-refractivity contribution is 5.31. The Morgan fingerprint density at radius 3 is 2.75 bits per heavy atom. The number of aryl methyl sites for hydroxylation is 1. The molecule has 0 spiro atoms. The summed E-state index contributed by atoms with van der Waals surface area (Å²) in [5.41, 5.74) is 1.22. The molecule has 1 aliphatic carbocycles. The molecule has 2 nitrogen and oxygen atoms in total. The van der Waals surface area contributed by atoms with Crippen LogP contribution in [0.5, 0.6) is 5.75 Å². The van der Waals surface area contributed by atoms with Gasteiger partial charge in [-0.05, 0) is 43.9 Å². The number of likely N-dealkylation sites (N-methyl/N-ethyl adjacent to an activating group) is 1. The first-order valence-corrected chi connectivity index (χ1v) is 6.23. The van der Waals surface area contributed by atoms with Crippen molar-refractivity contribution < 1.29 is 4.74 Å². The maximum Gasteiger partial charge on any atom is 0.122 e. The molecule has 88 valence electrons. The van der Waals surface area contributed by atoms with Crippen LogP contribution < -0.4 is 10.1 Å². The van der Waals surface area contributed by atoms with E-state index in [1.807, 2.05) is 18.2 Å². The van der Waals surface area contributed by atoms with Gasteiger partial charge >= 0.3 is 0 Å². The van der Waals surface area contributed by atoms with Gasteiger partial charge in [-0.1, -0.05) is 25.1 Å². The lowest BCUT2D eigenvalue weighted by atomic mass is 10.2. The van der Waals surface area contributed by atoms with Gasteiger partial charge in [-0.2, -0.15) is 0 Å². The molecular weight excluding hydrogens is 198 g/mol. The third-order valence-electron chi connectivity index (χ3n) is 3.17. The molecular formula is C14H21NO. The summed E-state index contributed by atoms with van der Waals surface area (Å²) in [4.78, 5) is 0. The predicted molar refractivity (Wildman–Crippen MR) is 66.9 cm³/mol. The number of nitrogens with one attached hydrogen (secondary N) is 1. The minimum Gasteiger partial charge on any atom is -0.492 e. The number of rotatable bonds is 6. The van der Waals surface area contributed by atoms with Crippen LogP contribution in [-0.2, 0) is 0 Å². The van der Waals surface area contributed by atoms with E-state index in [1.54, 1.807) is 0 Å². The summed E-state index contributed by atoms with van der Waals surface area (Å²) >= 11 is 0. The Bertz CT molecular complexity index is 333. The van der Waals surface area contributed by atoms with Crippen LogP contribution in [0.3, 0.4) is 0 Å². The smallest absolute Gasteiger partial charge is 0.122 e. The Morgan fingerprint density at radius 1 is 1.38 bits per heavy atom. The van der Waals surface area contributed by atoms with Crippen LogP contribution in [0, 0.1) is 12.8 Å². The molecule has 1 unspecified atom stereocenters. The summed E-state index contributed by atoms with van der Waals surface area (Å²) < 4.78 is 5.89. The standard InChI is InChI=1S/C14H21NO/c1-3-15-13(12-8-9-12)10-16-14-7-5-4-6-11(14)2/h4-7,12-13,15H,3,8-10H2,1-2H3. The Morgan fingerprint density at radius 2 is 2.12 bits per heavy atom. The topological polar surface area (TPSA) is 21.3 Å². The summed E-state index contributed by atoms with van der Waals surface area (Å²) in [6.07, 6.45) is 2.71. The van der Waals surface area contributed by atoms with Gasteiger partial charge in [-0.15, -0.1) is 0 Å². The Hall–Kier alpha value is -1.02. The third-order valence-corrected chi connectivity index (χ3v) is 3.17. The van der Waals surface area contributed by atoms with E-state index in [2.05, 4.69) is 25.2 Å². The van der Waals surface area contributed by atoms with Gasteiger partial charge in [0.2, 0.25) is 0 Å². The quantitative estimate of drug-likeness (QED) is 0.794. The summed E-state index contributed by atoms with van der Waals surface area (Å²) in [6, 6.07) is 8.75. The molecule has 1 aromatic rings. The van der Waals surface area contributed by atoms with E-state index in [9.17, 15) is 0 Å². The summed E-state index contributed by atoms with van der Waals surface area (Å²) in [6.45, 7) is 6.07. The minimum absolute atomic E-state index is 0.532. The molecule has 0 heterocycles. The van der Waals surface area contributed by atoms with Crippen molar-refractivity contribution in [2.24, 2.45) is 5.92 Å². The molecule has 2 rings (SSSR count). The van der Waals surface area contributed by atoms with Gasteiger partial charge in [-0.3, -0.25) is 0 Å². The summed E-state index contributed by atoms with van der Waals surface area (Å²) in [5, 5.41) is 3.51. The zero-order valence-corrected chi connectivity index (χ0v) is 10.2. The SMILES string of the molecule is CCNC(COc1ccccc1C)C1CC1. The maximum atomic E-state index is 5.89. The molecule has 1 fully saturated rings. The first kappa shape index (κ1) is 11.5. The van der Waals surface area contributed by atoms with Crippen molar-refractivity contribution >= 4 is 0 Å². The normalized spacial score (nSPS) is 17.1. The van der Waals surface area contributed by atoms with Crippen molar-refractivity contribution in [2.75, 3.05) is 13.2 Å². The molecule has 1 aromatic carbocycles. The summed E-state index contributed by atoms with van der Waals surface area (Å²) in [5.74, 6) is 1.86. The van der Waals surface area contributed by atoms with Crippen molar-refractivity contribution in [1.82, 2.24) is 5.32 Å². The second kappa shape index (κ2) is 5.35. The third kappa shape index (κ3) is 2.99. The summed E-state index contributed by atoms with van der Waals surface area (Å²) in [7, 11) is 0. The highest BCUT2D eigenvalue weighted by Crippen LogP contribution is 2.33. The molecule has 0 amide bonds. The Labute approximate surface area is 98.0 Å². The van der Waals surface area contributed by atoms with Gasteiger partial charge in [0.25, 0.3) is 0 Å². The van der Waals surface area contributed by atoms with Gasteiger partial charge in [0.05, 0.1) is 0 Å². The van der Waals surface area contributed by atoms with Crippen LogP contribution in [0.15, 0.2) is 24.3 Å². The molecule has 1 N–H and O–H groups in total. The molecule has 0 radical (unpaired) electrons. The zero-order chi connectivity index (χ0) is 11.4. The first-order chi connectivity index (χ1) is 7.81. The van der Waals surface area contributed by atoms with Crippen LogP contribution in [0.1, 0.15) is 25.3 Å². The van der Waals surface area contributed by atoms with Crippen LogP contribution in [0.4, 0.5) is 0 Å². The van der Waals surface area contributed by atoms with Crippen molar-refractivity contribution in [1.29, 1.82) is 0 Å². The maximum absolute atomic E-state index is 5.89. The fourth-order valence-corrected chi connectivity index (χ4v) is 2.02. The van der Waals surface area contributed by atoms with Crippen molar-refractivity contribution in [3.05, 3.63) is 29.8 Å². The number of hydrogen-bond acceptors (Lipinski definition) is 2. The van der Waals surface area contributed by atoms with Crippen LogP contribution in [0.25, 0.3) is 0 Å². The number of benzene rings is 1. The van der Waals surface area contributed by atoms with E-state index in [1.165, 1.54) is 18.4 Å². The lowest BCUT2D eigenvalue weighted by Crippen LogP contribution is -2.36. The fraction of sp³-hybridized carbons (Fsp3) is 0.571. The molecule has 1 aliphatic rings. The lowest BCUT2D eigenvalue weighted by molar-refractivity contribution is 0.250. The molecule has 2 heteroatoms. The van der Waals surface area contributed by atoms with Gasteiger partial charge in [0, 0.05) is 6.04 Å². The van der Waals surface area contributed by atoms with E-state index in [-0.39, 0.29) is 0 Å². The van der Waals surface area contributed by atoms with Crippen LogP contribution >= 0.6 is 0 Å². The predicted octanol–water partition coefficient (Wildman–Crippen LogP) is 2.76. The van der Waals surface area contributed by atoms with Gasteiger partial charge in [0.15, 0.2) is 0 Å². The number of para-hydroxylation sites is 1. The average Bonchev–Trinajstić information content (AvgIpc) is 3.10.